The summed E-state index contributed by atoms with van der Waals surface area (Å²) in [6.45, 7) is 6.15. The molecule has 0 spiro atoms. The first-order valence-electron chi connectivity index (χ1n) is 7.66. The number of hydrogen-bond acceptors (Lipinski definition) is 4. The molecule has 2 aromatic rings. The molecule has 0 saturated carbocycles. The fourth-order valence-electron chi connectivity index (χ4n) is 3.28. The molecule has 0 bridgehead atoms. The summed E-state index contributed by atoms with van der Waals surface area (Å²) in [4.78, 5) is 2.49. The molecule has 0 radical (unpaired) electrons. The third kappa shape index (κ3) is 2.81. The maximum atomic E-state index is 9.39. The molecule has 4 heteroatoms. The van der Waals surface area contributed by atoms with E-state index >= 15 is 0 Å². The van der Waals surface area contributed by atoms with Crippen LogP contribution in [0.15, 0.2) is 28.8 Å². The summed E-state index contributed by atoms with van der Waals surface area (Å²) in [5.41, 5.74) is 3.54. The van der Waals surface area contributed by atoms with E-state index in [9.17, 15) is 5.11 Å². The molecule has 1 fully saturated rings. The van der Waals surface area contributed by atoms with E-state index in [1.54, 1.807) is 12.1 Å². The molecule has 0 amide bonds. The van der Waals surface area contributed by atoms with Crippen LogP contribution in [0.5, 0.6) is 5.75 Å². The highest BCUT2D eigenvalue weighted by Crippen LogP contribution is 2.36. The zero-order chi connectivity index (χ0) is 14.8. The van der Waals surface area contributed by atoms with Crippen LogP contribution in [0.1, 0.15) is 48.4 Å². The number of aromatic nitrogens is 1. The number of hydrogen-bond donors (Lipinski definition) is 1. The lowest BCUT2D eigenvalue weighted by Crippen LogP contribution is -2.23. The summed E-state index contributed by atoms with van der Waals surface area (Å²) < 4.78 is 5.46. The molecule has 1 atom stereocenters. The number of benzene rings is 1. The van der Waals surface area contributed by atoms with Crippen molar-refractivity contribution >= 4 is 0 Å². The normalized spacial score (nSPS) is 19.2. The molecule has 2 heterocycles. The predicted octanol–water partition coefficient (Wildman–Crippen LogP) is 3.59. The van der Waals surface area contributed by atoms with Crippen LogP contribution in [-0.2, 0) is 13.0 Å². The minimum atomic E-state index is 0.319. The molecule has 4 nitrogen and oxygen atoms in total. The molecule has 1 aliphatic heterocycles. The number of nitrogens with zero attached hydrogens (tertiary/aromatic N) is 2. The van der Waals surface area contributed by atoms with Gasteiger partial charge in [0.1, 0.15) is 11.5 Å². The van der Waals surface area contributed by atoms with Gasteiger partial charge in [0, 0.05) is 24.6 Å². The van der Waals surface area contributed by atoms with Crippen molar-refractivity contribution in [1.29, 1.82) is 0 Å². The molecule has 1 N–H and O–H groups in total. The number of likely N-dealkylation sites (tertiary alicyclic amines) is 1. The average Bonchev–Trinajstić information content (AvgIpc) is 3.07. The lowest BCUT2D eigenvalue weighted by Gasteiger charge is -2.24. The van der Waals surface area contributed by atoms with E-state index < -0.39 is 0 Å². The summed E-state index contributed by atoms with van der Waals surface area (Å²) in [5, 5.41) is 13.5. The van der Waals surface area contributed by atoms with Gasteiger partial charge in [0.15, 0.2) is 0 Å². The summed E-state index contributed by atoms with van der Waals surface area (Å²) in [5.74, 6) is 1.34. The van der Waals surface area contributed by atoms with Gasteiger partial charge in [0.25, 0.3) is 0 Å². The largest absolute Gasteiger partial charge is 0.508 e. The zero-order valence-electron chi connectivity index (χ0n) is 12.7. The summed E-state index contributed by atoms with van der Waals surface area (Å²) in [6.07, 6.45) is 3.25. The SMILES string of the molecule is CCc1onc(C)c1C1CCCN1Cc1ccc(O)cc1. The second-order valence-corrected chi connectivity index (χ2v) is 5.75. The van der Waals surface area contributed by atoms with Crippen LogP contribution >= 0.6 is 0 Å². The molecule has 1 aromatic heterocycles. The standard InChI is InChI=1S/C17H22N2O2/c1-3-16-17(12(2)18-21-16)15-5-4-10-19(15)11-13-6-8-14(20)9-7-13/h6-9,15,20H,3-5,10-11H2,1-2H3. The van der Waals surface area contributed by atoms with Gasteiger partial charge in [-0.3, -0.25) is 4.90 Å². The number of aromatic hydroxyl groups is 1. The van der Waals surface area contributed by atoms with Gasteiger partial charge in [-0.2, -0.15) is 0 Å². The molecular formula is C17H22N2O2. The molecular weight excluding hydrogens is 264 g/mol. The number of phenols is 1. The summed E-state index contributed by atoms with van der Waals surface area (Å²) in [7, 11) is 0. The van der Waals surface area contributed by atoms with E-state index in [0.29, 0.717) is 11.8 Å². The highest BCUT2D eigenvalue weighted by molar-refractivity contribution is 5.29. The van der Waals surface area contributed by atoms with Crippen molar-refractivity contribution in [3.8, 4) is 5.75 Å². The topological polar surface area (TPSA) is 49.5 Å². The lowest BCUT2D eigenvalue weighted by atomic mass is 10.0. The van der Waals surface area contributed by atoms with Crippen LogP contribution in [-0.4, -0.2) is 21.7 Å². The van der Waals surface area contributed by atoms with E-state index in [-0.39, 0.29) is 0 Å². The van der Waals surface area contributed by atoms with Crippen molar-refractivity contribution in [2.45, 2.75) is 45.7 Å². The van der Waals surface area contributed by atoms with E-state index in [1.807, 2.05) is 19.1 Å². The Balaban J connectivity index is 1.82. The van der Waals surface area contributed by atoms with Crippen LogP contribution in [0.4, 0.5) is 0 Å². The summed E-state index contributed by atoms with van der Waals surface area (Å²) in [6, 6.07) is 7.89. The lowest BCUT2D eigenvalue weighted by molar-refractivity contribution is 0.245. The molecule has 0 aliphatic carbocycles. The van der Waals surface area contributed by atoms with Gasteiger partial charge < -0.3 is 9.63 Å². The third-order valence-electron chi connectivity index (χ3n) is 4.32. The molecule has 3 rings (SSSR count). The van der Waals surface area contributed by atoms with Crippen molar-refractivity contribution in [2.75, 3.05) is 6.54 Å². The number of aryl methyl sites for hydroxylation is 2. The van der Waals surface area contributed by atoms with Crippen molar-refractivity contribution < 1.29 is 9.63 Å². The maximum Gasteiger partial charge on any atom is 0.141 e. The van der Waals surface area contributed by atoms with Gasteiger partial charge >= 0.3 is 0 Å². The van der Waals surface area contributed by atoms with E-state index in [1.165, 1.54) is 17.5 Å². The van der Waals surface area contributed by atoms with Gasteiger partial charge in [0.05, 0.1) is 5.69 Å². The highest BCUT2D eigenvalue weighted by Gasteiger charge is 2.31. The Morgan fingerprint density at radius 3 is 2.81 bits per heavy atom. The van der Waals surface area contributed by atoms with E-state index in [4.69, 9.17) is 4.52 Å². The first kappa shape index (κ1) is 14.1. The monoisotopic (exact) mass is 286 g/mol. The van der Waals surface area contributed by atoms with Gasteiger partial charge in [0.2, 0.25) is 0 Å². The second kappa shape index (κ2) is 5.90. The Kier molecular flexibility index (Phi) is 3.97. The van der Waals surface area contributed by atoms with E-state index in [2.05, 4.69) is 17.0 Å². The Bertz CT molecular complexity index is 604. The van der Waals surface area contributed by atoms with Crippen molar-refractivity contribution in [2.24, 2.45) is 0 Å². The van der Waals surface area contributed by atoms with Crippen molar-refractivity contribution in [1.82, 2.24) is 10.1 Å². The molecule has 1 aliphatic rings. The smallest absolute Gasteiger partial charge is 0.141 e. The predicted molar refractivity (Wildman–Crippen MR) is 81.1 cm³/mol. The van der Waals surface area contributed by atoms with Gasteiger partial charge in [-0.25, -0.2) is 0 Å². The molecule has 112 valence electrons. The van der Waals surface area contributed by atoms with Crippen LogP contribution in [0.3, 0.4) is 0 Å². The zero-order valence-corrected chi connectivity index (χ0v) is 12.7. The van der Waals surface area contributed by atoms with Crippen molar-refractivity contribution in [3.05, 3.63) is 46.8 Å². The Labute approximate surface area is 125 Å². The molecule has 1 saturated heterocycles. The Morgan fingerprint density at radius 2 is 2.10 bits per heavy atom. The fourth-order valence-corrected chi connectivity index (χ4v) is 3.28. The van der Waals surface area contributed by atoms with Gasteiger partial charge in [-0.15, -0.1) is 0 Å². The molecule has 1 aromatic carbocycles. The average molecular weight is 286 g/mol. The molecule has 21 heavy (non-hydrogen) atoms. The van der Waals surface area contributed by atoms with Crippen LogP contribution in [0.25, 0.3) is 0 Å². The number of phenolic OH excluding ortho intramolecular Hbond substituents is 1. The third-order valence-corrected chi connectivity index (χ3v) is 4.32. The fraction of sp³-hybridized carbons (Fsp3) is 0.471. The highest BCUT2D eigenvalue weighted by atomic mass is 16.5. The van der Waals surface area contributed by atoms with Crippen LogP contribution in [0.2, 0.25) is 0 Å². The first-order chi connectivity index (χ1) is 10.2. The van der Waals surface area contributed by atoms with Crippen LogP contribution < -0.4 is 0 Å². The minimum Gasteiger partial charge on any atom is -0.508 e. The van der Waals surface area contributed by atoms with Gasteiger partial charge in [-0.1, -0.05) is 24.2 Å². The summed E-state index contributed by atoms with van der Waals surface area (Å²) >= 11 is 0. The van der Waals surface area contributed by atoms with Crippen molar-refractivity contribution in [3.63, 3.8) is 0 Å². The second-order valence-electron chi connectivity index (χ2n) is 5.75. The molecule has 1 unspecified atom stereocenters. The van der Waals surface area contributed by atoms with Crippen LogP contribution in [0, 0.1) is 6.92 Å². The quantitative estimate of drug-likeness (QED) is 0.933. The first-order valence-corrected chi connectivity index (χ1v) is 7.66. The Hall–Kier alpha value is -1.81. The number of rotatable bonds is 4. The van der Waals surface area contributed by atoms with Gasteiger partial charge in [-0.05, 0) is 44.0 Å². The minimum absolute atomic E-state index is 0.319. The van der Waals surface area contributed by atoms with E-state index in [0.717, 1.165) is 37.4 Å². The Morgan fingerprint density at radius 1 is 1.33 bits per heavy atom. The maximum absolute atomic E-state index is 9.39.